The van der Waals surface area contributed by atoms with E-state index >= 15 is 0 Å². The molecule has 1 heterocycles. The molecule has 0 bridgehead atoms. The van der Waals surface area contributed by atoms with Crippen LogP contribution in [-0.2, 0) is 4.74 Å². The van der Waals surface area contributed by atoms with Crippen LogP contribution in [0.3, 0.4) is 0 Å². The maximum atomic E-state index is 6.07. The van der Waals surface area contributed by atoms with Gasteiger partial charge in [-0.05, 0) is 24.2 Å². The predicted molar refractivity (Wildman–Crippen MR) is 64.7 cm³/mol. The Morgan fingerprint density at radius 3 is 2.07 bits per heavy atom. The first-order valence-electron chi connectivity index (χ1n) is 6.28. The fourth-order valence-electron chi connectivity index (χ4n) is 3.07. The summed E-state index contributed by atoms with van der Waals surface area (Å²) < 4.78 is 6.07. The summed E-state index contributed by atoms with van der Waals surface area (Å²) in [7, 11) is 0. The van der Waals surface area contributed by atoms with Crippen molar-refractivity contribution in [3.05, 3.63) is 0 Å². The monoisotopic (exact) mass is 213 g/mol. The summed E-state index contributed by atoms with van der Waals surface area (Å²) in [6.07, 6.45) is 1.20. The van der Waals surface area contributed by atoms with E-state index in [1.165, 1.54) is 6.42 Å². The lowest BCUT2D eigenvalue weighted by Gasteiger charge is -2.41. The van der Waals surface area contributed by atoms with E-state index in [4.69, 9.17) is 4.74 Å². The van der Waals surface area contributed by atoms with E-state index in [1.807, 2.05) is 0 Å². The van der Waals surface area contributed by atoms with Crippen molar-refractivity contribution in [3.8, 4) is 0 Å². The maximum Gasteiger partial charge on any atom is 0.0977 e. The molecule has 1 aliphatic rings. The second-order valence-corrected chi connectivity index (χ2v) is 5.84. The molecule has 1 N–H and O–H groups in total. The molecule has 0 spiro atoms. The van der Waals surface area contributed by atoms with Gasteiger partial charge in [0.25, 0.3) is 0 Å². The van der Waals surface area contributed by atoms with Crippen LogP contribution in [-0.4, -0.2) is 18.4 Å². The van der Waals surface area contributed by atoms with E-state index in [-0.39, 0.29) is 5.60 Å². The summed E-state index contributed by atoms with van der Waals surface area (Å²) in [6, 6.07) is 0.512. The number of ether oxygens (including phenoxy) is 1. The number of rotatable bonds is 4. The molecule has 0 amide bonds. The van der Waals surface area contributed by atoms with E-state index < -0.39 is 0 Å². The van der Waals surface area contributed by atoms with Gasteiger partial charge in [0.1, 0.15) is 0 Å². The van der Waals surface area contributed by atoms with Crippen molar-refractivity contribution in [1.29, 1.82) is 0 Å². The van der Waals surface area contributed by atoms with Crippen LogP contribution in [0, 0.1) is 17.8 Å². The zero-order chi connectivity index (χ0) is 11.6. The lowest BCUT2D eigenvalue weighted by atomic mass is 9.73. The fraction of sp³-hybridized carbons (Fsp3) is 1.00. The van der Waals surface area contributed by atoms with Gasteiger partial charge in [-0.25, -0.2) is 0 Å². The van der Waals surface area contributed by atoms with Crippen molar-refractivity contribution in [2.24, 2.45) is 17.8 Å². The maximum absolute atomic E-state index is 6.07. The molecular weight excluding hydrogens is 186 g/mol. The highest BCUT2D eigenvalue weighted by Crippen LogP contribution is 2.39. The molecule has 0 aromatic heterocycles. The Morgan fingerprint density at radius 2 is 1.67 bits per heavy atom. The molecule has 1 saturated heterocycles. The molecule has 90 valence electrons. The van der Waals surface area contributed by atoms with E-state index in [0.717, 1.165) is 5.92 Å². The highest BCUT2D eigenvalue weighted by molar-refractivity contribution is 5.01. The highest BCUT2D eigenvalue weighted by atomic mass is 16.5. The van der Waals surface area contributed by atoms with Gasteiger partial charge in [0, 0.05) is 6.04 Å². The fourth-order valence-corrected chi connectivity index (χ4v) is 3.07. The van der Waals surface area contributed by atoms with Crippen molar-refractivity contribution in [2.45, 2.75) is 59.6 Å². The summed E-state index contributed by atoms with van der Waals surface area (Å²) in [4.78, 5) is 0. The number of hydrogen-bond acceptors (Lipinski definition) is 2. The van der Waals surface area contributed by atoms with Crippen molar-refractivity contribution >= 4 is 0 Å². The Balaban J connectivity index is 2.85. The second-order valence-electron chi connectivity index (χ2n) is 5.84. The zero-order valence-electron chi connectivity index (χ0n) is 11.1. The molecule has 0 radical (unpaired) electrons. The third kappa shape index (κ3) is 2.36. The molecule has 1 unspecified atom stereocenters. The normalized spacial score (nSPS) is 25.8. The molecule has 1 fully saturated rings. The average molecular weight is 213 g/mol. The molecule has 0 aromatic carbocycles. The van der Waals surface area contributed by atoms with Crippen LogP contribution in [0.1, 0.15) is 48.0 Å². The summed E-state index contributed by atoms with van der Waals surface area (Å²) in [5.41, 5.74) is 0.0320. The van der Waals surface area contributed by atoms with E-state index in [9.17, 15) is 0 Å². The number of nitrogens with one attached hydrogen (secondary N) is 1. The highest BCUT2D eigenvalue weighted by Gasteiger charge is 2.48. The van der Waals surface area contributed by atoms with Gasteiger partial charge >= 0.3 is 0 Å². The molecule has 0 aliphatic carbocycles. The molecule has 1 aliphatic heterocycles. The minimum absolute atomic E-state index is 0.0320. The summed E-state index contributed by atoms with van der Waals surface area (Å²) >= 11 is 0. The lowest BCUT2D eigenvalue weighted by molar-refractivity contribution is -0.0797. The SMILES string of the molecule is CC(C)CC1NCOC1(C(C)C)C(C)C. The standard InChI is InChI=1S/C13H27NO/c1-9(2)7-12-13(10(3)4,11(5)6)15-8-14-12/h9-12,14H,7-8H2,1-6H3. The van der Waals surface area contributed by atoms with Crippen LogP contribution in [0.15, 0.2) is 0 Å². The zero-order valence-corrected chi connectivity index (χ0v) is 11.1. The minimum atomic E-state index is 0.0320. The predicted octanol–water partition coefficient (Wildman–Crippen LogP) is 3.03. The topological polar surface area (TPSA) is 21.3 Å². The quantitative estimate of drug-likeness (QED) is 0.775. The Labute approximate surface area is 94.8 Å². The Bertz CT molecular complexity index is 191. The first kappa shape index (κ1) is 13.0. The molecule has 2 heteroatoms. The van der Waals surface area contributed by atoms with E-state index in [2.05, 4.69) is 46.9 Å². The summed E-state index contributed by atoms with van der Waals surface area (Å²) in [5, 5.41) is 3.52. The van der Waals surface area contributed by atoms with Crippen LogP contribution in [0.5, 0.6) is 0 Å². The van der Waals surface area contributed by atoms with Crippen LogP contribution >= 0.6 is 0 Å². The average Bonchev–Trinajstić information content (AvgIpc) is 2.47. The van der Waals surface area contributed by atoms with Crippen molar-refractivity contribution in [1.82, 2.24) is 5.32 Å². The molecule has 15 heavy (non-hydrogen) atoms. The molecule has 0 saturated carbocycles. The van der Waals surface area contributed by atoms with Gasteiger partial charge in [0.15, 0.2) is 0 Å². The molecule has 0 aromatic rings. The van der Waals surface area contributed by atoms with Crippen LogP contribution < -0.4 is 5.32 Å². The first-order valence-corrected chi connectivity index (χ1v) is 6.28. The summed E-state index contributed by atoms with van der Waals surface area (Å²) in [5.74, 6) is 1.86. The van der Waals surface area contributed by atoms with E-state index in [0.29, 0.717) is 24.6 Å². The third-order valence-electron chi connectivity index (χ3n) is 3.71. The van der Waals surface area contributed by atoms with Gasteiger partial charge in [-0.3, -0.25) is 5.32 Å². The summed E-state index contributed by atoms with van der Waals surface area (Å²) in [6.45, 7) is 14.4. The Kier molecular flexibility index (Phi) is 4.19. The van der Waals surface area contributed by atoms with Crippen LogP contribution in [0.2, 0.25) is 0 Å². The van der Waals surface area contributed by atoms with Crippen LogP contribution in [0.25, 0.3) is 0 Å². The third-order valence-corrected chi connectivity index (χ3v) is 3.71. The molecule has 1 atom stereocenters. The van der Waals surface area contributed by atoms with Gasteiger partial charge in [-0.2, -0.15) is 0 Å². The van der Waals surface area contributed by atoms with Crippen molar-refractivity contribution in [3.63, 3.8) is 0 Å². The minimum Gasteiger partial charge on any atom is -0.358 e. The van der Waals surface area contributed by atoms with Crippen molar-refractivity contribution in [2.75, 3.05) is 6.73 Å². The Hall–Kier alpha value is -0.0800. The van der Waals surface area contributed by atoms with Gasteiger partial charge in [0.05, 0.1) is 12.3 Å². The first-order chi connectivity index (χ1) is 6.91. The van der Waals surface area contributed by atoms with E-state index in [1.54, 1.807) is 0 Å². The largest absolute Gasteiger partial charge is 0.358 e. The van der Waals surface area contributed by atoms with Crippen LogP contribution in [0.4, 0.5) is 0 Å². The van der Waals surface area contributed by atoms with Gasteiger partial charge in [-0.1, -0.05) is 41.5 Å². The van der Waals surface area contributed by atoms with Gasteiger partial charge < -0.3 is 4.74 Å². The molecule has 2 nitrogen and oxygen atoms in total. The van der Waals surface area contributed by atoms with Gasteiger partial charge in [-0.15, -0.1) is 0 Å². The van der Waals surface area contributed by atoms with Gasteiger partial charge in [0.2, 0.25) is 0 Å². The number of hydrogen-bond donors (Lipinski definition) is 1. The lowest BCUT2D eigenvalue weighted by Crippen LogP contribution is -2.52. The Morgan fingerprint density at radius 1 is 1.13 bits per heavy atom. The molecular formula is C13H27NO. The smallest absolute Gasteiger partial charge is 0.0977 e. The second kappa shape index (κ2) is 4.84. The molecule has 1 rings (SSSR count). The van der Waals surface area contributed by atoms with Crippen molar-refractivity contribution < 1.29 is 4.74 Å².